The molecule has 3 nitrogen and oxygen atoms in total. The van der Waals surface area contributed by atoms with Crippen molar-refractivity contribution < 1.29 is 4.79 Å². The molecule has 0 aliphatic heterocycles. The minimum Gasteiger partial charge on any atom is -0.267 e. The minimum absolute atomic E-state index is 0.0272. The number of nitrogens with zero attached hydrogens (tertiary/aromatic N) is 1. The van der Waals surface area contributed by atoms with Crippen molar-refractivity contribution in [3.63, 3.8) is 0 Å². The van der Waals surface area contributed by atoms with E-state index in [1.807, 2.05) is 26.0 Å². The highest BCUT2D eigenvalue weighted by Crippen LogP contribution is 2.14. The first-order valence-corrected chi connectivity index (χ1v) is 5.72. The van der Waals surface area contributed by atoms with Gasteiger partial charge in [-0.3, -0.25) is 4.79 Å². The predicted molar refractivity (Wildman–Crippen MR) is 71.2 cm³/mol. The monoisotopic (exact) mass is 232 g/mol. The number of benzene rings is 1. The first-order valence-electron chi connectivity index (χ1n) is 5.72. The van der Waals surface area contributed by atoms with Crippen molar-refractivity contribution in [2.45, 2.75) is 34.6 Å². The Morgan fingerprint density at radius 3 is 2.18 bits per heavy atom. The molecule has 1 amide bonds. The molecule has 92 valence electrons. The van der Waals surface area contributed by atoms with Gasteiger partial charge in [-0.2, -0.15) is 5.10 Å². The van der Waals surface area contributed by atoms with Crippen LogP contribution in [-0.2, 0) is 0 Å². The van der Waals surface area contributed by atoms with Crippen molar-refractivity contribution in [3.05, 3.63) is 35.4 Å². The molecular formula is C14H20N2O. The summed E-state index contributed by atoms with van der Waals surface area (Å²) in [6.45, 7) is 10.1. The van der Waals surface area contributed by atoms with E-state index in [-0.39, 0.29) is 11.3 Å². The molecule has 1 rings (SSSR count). The number of aryl methyl sites for hydroxylation is 1. The maximum Gasteiger partial charge on any atom is 0.271 e. The topological polar surface area (TPSA) is 41.5 Å². The SMILES string of the molecule is CC(=NNC(=O)c1ccc(C)cc1)C(C)(C)C. The van der Waals surface area contributed by atoms with Gasteiger partial charge in [0.15, 0.2) is 0 Å². The highest BCUT2D eigenvalue weighted by atomic mass is 16.2. The predicted octanol–water partition coefficient (Wildman–Crippen LogP) is 3.15. The lowest BCUT2D eigenvalue weighted by Crippen LogP contribution is -2.24. The second-order valence-electron chi connectivity index (χ2n) is 5.25. The van der Waals surface area contributed by atoms with E-state index >= 15 is 0 Å². The molecule has 0 aromatic heterocycles. The number of amides is 1. The van der Waals surface area contributed by atoms with Crippen LogP contribution in [0.4, 0.5) is 0 Å². The van der Waals surface area contributed by atoms with Crippen molar-refractivity contribution in [1.29, 1.82) is 0 Å². The Labute approximate surface area is 103 Å². The largest absolute Gasteiger partial charge is 0.271 e. The molecule has 0 saturated heterocycles. The third-order valence-corrected chi connectivity index (χ3v) is 2.72. The van der Waals surface area contributed by atoms with Crippen LogP contribution < -0.4 is 5.43 Å². The fraction of sp³-hybridized carbons (Fsp3) is 0.429. The maximum absolute atomic E-state index is 11.8. The van der Waals surface area contributed by atoms with Gasteiger partial charge in [-0.15, -0.1) is 0 Å². The summed E-state index contributed by atoms with van der Waals surface area (Å²) < 4.78 is 0. The van der Waals surface area contributed by atoms with Gasteiger partial charge in [0.2, 0.25) is 0 Å². The van der Waals surface area contributed by atoms with Crippen molar-refractivity contribution in [2.75, 3.05) is 0 Å². The summed E-state index contributed by atoms with van der Waals surface area (Å²) in [5.74, 6) is -0.173. The second-order valence-corrected chi connectivity index (χ2v) is 5.25. The Balaban J connectivity index is 2.71. The molecule has 0 aliphatic carbocycles. The van der Waals surface area contributed by atoms with Crippen LogP contribution in [0.25, 0.3) is 0 Å². The van der Waals surface area contributed by atoms with E-state index in [1.54, 1.807) is 12.1 Å². The van der Waals surface area contributed by atoms with Crippen LogP contribution >= 0.6 is 0 Å². The molecule has 0 aliphatic rings. The Bertz CT molecular complexity index is 425. The Morgan fingerprint density at radius 1 is 1.18 bits per heavy atom. The van der Waals surface area contributed by atoms with Gasteiger partial charge in [0, 0.05) is 16.7 Å². The zero-order chi connectivity index (χ0) is 13.1. The maximum atomic E-state index is 11.8. The van der Waals surface area contributed by atoms with E-state index < -0.39 is 0 Å². The Kier molecular flexibility index (Phi) is 4.05. The molecule has 0 fully saturated rings. The lowest BCUT2D eigenvalue weighted by atomic mass is 9.91. The third kappa shape index (κ3) is 4.02. The van der Waals surface area contributed by atoms with Gasteiger partial charge in [0.1, 0.15) is 0 Å². The number of rotatable bonds is 2. The number of carbonyl (C=O) groups excluding carboxylic acids is 1. The molecule has 0 unspecified atom stereocenters. The average Bonchev–Trinajstić information content (AvgIpc) is 2.25. The lowest BCUT2D eigenvalue weighted by Gasteiger charge is -2.17. The highest BCUT2D eigenvalue weighted by molar-refractivity contribution is 5.95. The molecule has 1 aromatic rings. The molecule has 0 atom stereocenters. The van der Waals surface area contributed by atoms with Crippen LogP contribution in [0.1, 0.15) is 43.6 Å². The zero-order valence-electron chi connectivity index (χ0n) is 11.2. The van der Waals surface area contributed by atoms with Crippen molar-refractivity contribution >= 4 is 11.6 Å². The molecule has 0 saturated carbocycles. The molecule has 1 aromatic carbocycles. The van der Waals surface area contributed by atoms with Gasteiger partial charge >= 0.3 is 0 Å². The summed E-state index contributed by atoms with van der Waals surface area (Å²) in [7, 11) is 0. The Morgan fingerprint density at radius 2 is 1.71 bits per heavy atom. The molecule has 3 heteroatoms. The molecule has 1 N–H and O–H groups in total. The molecular weight excluding hydrogens is 212 g/mol. The van der Waals surface area contributed by atoms with Crippen LogP contribution in [0, 0.1) is 12.3 Å². The van der Waals surface area contributed by atoms with Gasteiger partial charge in [-0.1, -0.05) is 38.5 Å². The standard InChI is InChI=1S/C14H20N2O/c1-10-6-8-12(9-7-10)13(17)16-15-11(2)14(3,4)5/h6-9H,1-5H3,(H,16,17). The average molecular weight is 232 g/mol. The van der Waals surface area contributed by atoms with Gasteiger partial charge in [-0.25, -0.2) is 5.43 Å². The van der Waals surface area contributed by atoms with Gasteiger partial charge < -0.3 is 0 Å². The van der Waals surface area contributed by atoms with E-state index in [2.05, 4.69) is 31.3 Å². The molecule has 17 heavy (non-hydrogen) atoms. The van der Waals surface area contributed by atoms with Gasteiger partial charge in [0.05, 0.1) is 0 Å². The van der Waals surface area contributed by atoms with E-state index in [0.717, 1.165) is 11.3 Å². The lowest BCUT2D eigenvalue weighted by molar-refractivity contribution is 0.0954. The Hall–Kier alpha value is -1.64. The first-order chi connectivity index (χ1) is 7.80. The van der Waals surface area contributed by atoms with E-state index in [0.29, 0.717) is 5.56 Å². The number of hydrazone groups is 1. The third-order valence-electron chi connectivity index (χ3n) is 2.72. The van der Waals surface area contributed by atoms with Crippen LogP contribution in [-0.4, -0.2) is 11.6 Å². The molecule has 0 heterocycles. The number of carbonyl (C=O) groups is 1. The molecule has 0 radical (unpaired) electrons. The summed E-state index contributed by atoms with van der Waals surface area (Å²) in [6.07, 6.45) is 0. The fourth-order valence-electron chi connectivity index (χ4n) is 1.07. The quantitative estimate of drug-likeness (QED) is 0.617. The fourth-order valence-corrected chi connectivity index (χ4v) is 1.07. The van der Waals surface area contributed by atoms with Crippen LogP contribution in [0.15, 0.2) is 29.4 Å². The van der Waals surface area contributed by atoms with Crippen molar-refractivity contribution in [2.24, 2.45) is 10.5 Å². The minimum atomic E-state index is -0.173. The van der Waals surface area contributed by atoms with Crippen LogP contribution in [0.3, 0.4) is 0 Å². The van der Waals surface area contributed by atoms with Crippen molar-refractivity contribution in [3.8, 4) is 0 Å². The summed E-state index contributed by atoms with van der Waals surface area (Å²) >= 11 is 0. The first kappa shape index (κ1) is 13.4. The van der Waals surface area contributed by atoms with Crippen LogP contribution in [0.5, 0.6) is 0 Å². The number of hydrogen-bond donors (Lipinski definition) is 1. The summed E-state index contributed by atoms with van der Waals surface area (Å²) in [5, 5.41) is 4.11. The molecule has 0 bridgehead atoms. The number of hydrogen-bond acceptors (Lipinski definition) is 2. The normalized spacial score (nSPS) is 12.4. The highest BCUT2D eigenvalue weighted by Gasteiger charge is 2.14. The smallest absolute Gasteiger partial charge is 0.267 e. The van der Waals surface area contributed by atoms with E-state index in [9.17, 15) is 4.79 Å². The number of nitrogens with one attached hydrogen (secondary N) is 1. The molecule has 0 spiro atoms. The van der Waals surface area contributed by atoms with E-state index in [1.165, 1.54) is 0 Å². The van der Waals surface area contributed by atoms with Gasteiger partial charge in [0.25, 0.3) is 5.91 Å². The summed E-state index contributed by atoms with van der Waals surface area (Å²) in [5.41, 5.74) is 5.21. The van der Waals surface area contributed by atoms with E-state index in [4.69, 9.17) is 0 Å². The second kappa shape index (κ2) is 5.13. The van der Waals surface area contributed by atoms with Crippen molar-refractivity contribution in [1.82, 2.24) is 5.43 Å². The van der Waals surface area contributed by atoms with Gasteiger partial charge in [-0.05, 0) is 26.0 Å². The summed E-state index contributed by atoms with van der Waals surface area (Å²) in [4.78, 5) is 11.8. The zero-order valence-corrected chi connectivity index (χ0v) is 11.2. The summed E-state index contributed by atoms with van der Waals surface area (Å²) in [6, 6.07) is 7.42. The van der Waals surface area contributed by atoms with Crippen LogP contribution in [0.2, 0.25) is 0 Å².